The van der Waals surface area contributed by atoms with E-state index in [-0.39, 0.29) is 0 Å². The first-order valence-corrected chi connectivity index (χ1v) is 10.0. The molecule has 0 spiro atoms. The molecule has 3 aromatic rings. The fraction of sp³-hybridized carbons (Fsp3) is 0.250. The zero-order valence-electron chi connectivity index (χ0n) is 15.8. The number of rotatable bonds is 8. The third kappa shape index (κ3) is 5.40. The SMILES string of the molecule is COc1ccc(CCNC(=S)NCc2ccc(-c3csnn3)cc2)cc1OC. The topological polar surface area (TPSA) is 68.3 Å². The van der Waals surface area contributed by atoms with Crippen LogP contribution in [0.1, 0.15) is 11.1 Å². The molecule has 0 aliphatic rings. The van der Waals surface area contributed by atoms with Crippen molar-refractivity contribution >= 4 is 28.9 Å². The highest BCUT2D eigenvalue weighted by Crippen LogP contribution is 2.27. The van der Waals surface area contributed by atoms with Crippen molar-refractivity contribution in [2.45, 2.75) is 13.0 Å². The Morgan fingerprint density at radius 3 is 2.43 bits per heavy atom. The van der Waals surface area contributed by atoms with E-state index in [1.807, 2.05) is 35.7 Å². The van der Waals surface area contributed by atoms with Gasteiger partial charge in [-0.1, -0.05) is 34.8 Å². The molecule has 6 nitrogen and oxygen atoms in total. The Hall–Kier alpha value is -2.71. The number of aromatic nitrogens is 2. The highest BCUT2D eigenvalue weighted by molar-refractivity contribution is 7.80. The van der Waals surface area contributed by atoms with Crippen LogP contribution in [0.4, 0.5) is 0 Å². The van der Waals surface area contributed by atoms with Crippen molar-refractivity contribution < 1.29 is 9.47 Å². The van der Waals surface area contributed by atoms with Crippen molar-refractivity contribution in [1.29, 1.82) is 0 Å². The second kappa shape index (κ2) is 10.0. The summed E-state index contributed by atoms with van der Waals surface area (Å²) in [5.74, 6) is 1.46. The Morgan fingerprint density at radius 2 is 1.75 bits per heavy atom. The minimum atomic E-state index is 0.633. The first-order valence-electron chi connectivity index (χ1n) is 8.78. The molecule has 1 heterocycles. The lowest BCUT2D eigenvalue weighted by Crippen LogP contribution is -2.35. The molecule has 0 bridgehead atoms. The molecule has 0 saturated heterocycles. The van der Waals surface area contributed by atoms with Crippen LogP contribution < -0.4 is 20.1 Å². The predicted molar refractivity (Wildman–Crippen MR) is 116 cm³/mol. The van der Waals surface area contributed by atoms with Gasteiger partial charge in [-0.3, -0.25) is 0 Å². The van der Waals surface area contributed by atoms with E-state index in [0.29, 0.717) is 11.7 Å². The summed E-state index contributed by atoms with van der Waals surface area (Å²) in [4.78, 5) is 0. The van der Waals surface area contributed by atoms with Gasteiger partial charge in [0.15, 0.2) is 16.6 Å². The third-order valence-corrected chi connectivity index (χ3v) is 5.00. The van der Waals surface area contributed by atoms with E-state index < -0.39 is 0 Å². The number of nitrogens with one attached hydrogen (secondary N) is 2. The number of ether oxygens (including phenoxy) is 2. The van der Waals surface area contributed by atoms with E-state index >= 15 is 0 Å². The molecule has 0 radical (unpaired) electrons. The molecule has 0 amide bonds. The average molecular weight is 415 g/mol. The van der Waals surface area contributed by atoms with Gasteiger partial charge in [0.2, 0.25) is 0 Å². The van der Waals surface area contributed by atoms with Crippen molar-refractivity contribution in [2.24, 2.45) is 0 Å². The second-order valence-corrected chi connectivity index (χ2v) is 7.05. The largest absolute Gasteiger partial charge is 0.493 e. The van der Waals surface area contributed by atoms with Gasteiger partial charge in [-0.2, -0.15) is 0 Å². The van der Waals surface area contributed by atoms with Crippen LogP contribution >= 0.6 is 23.8 Å². The standard InChI is InChI=1S/C20H22N4O2S2/c1-25-18-8-5-14(11-19(18)26-2)9-10-21-20(27)22-12-15-3-6-16(7-4-15)17-13-28-24-23-17/h3-8,11,13H,9-10,12H2,1-2H3,(H2,21,22,27). The average Bonchev–Trinajstić information content (AvgIpc) is 3.27. The van der Waals surface area contributed by atoms with Gasteiger partial charge in [0.05, 0.1) is 14.2 Å². The lowest BCUT2D eigenvalue weighted by molar-refractivity contribution is 0.354. The van der Waals surface area contributed by atoms with E-state index in [1.54, 1.807) is 14.2 Å². The first-order chi connectivity index (χ1) is 13.7. The third-order valence-electron chi connectivity index (χ3n) is 4.21. The molecule has 2 aromatic carbocycles. The van der Waals surface area contributed by atoms with Crippen LogP contribution in [0.25, 0.3) is 11.3 Å². The molecule has 2 N–H and O–H groups in total. The van der Waals surface area contributed by atoms with E-state index in [2.05, 4.69) is 32.4 Å². The summed E-state index contributed by atoms with van der Waals surface area (Å²) in [6, 6.07) is 14.1. The Kier molecular flexibility index (Phi) is 7.16. The Balaban J connectivity index is 1.42. The minimum Gasteiger partial charge on any atom is -0.493 e. The van der Waals surface area contributed by atoms with Gasteiger partial charge in [0, 0.05) is 24.0 Å². The maximum Gasteiger partial charge on any atom is 0.166 e. The van der Waals surface area contributed by atoms with E-state index in [4.69, 9.17) is 21.7 Å². The minimum absolute atomic E-state index is 0.633. The zero-order valence-corrected chi connectivity index (χ0v) is 17.4. The van der Waals surface area contributed by atoms with Gasteiger partial charge in [0.1, 0.15) is 5.69 Å². The van der Waals surface area contributed by atoms with Gasteiger partial charge in [0.25, 0.3) is 0 Å². The Labute approximate surface area is 174 Å². The summed E-state index contributed by atoms with van der Waals surface area (Å²) in [7, 11) is 3.27. The molecule has 28 heavy (non-hydrogen) atoms. The van der Waals surface area contributed by atoms with E-state index in [1.165, 1.54) is 11.5 Å². The molecule has 0 aliphatic carbocycles. The maximum absolute atomic E-state index is 5.36. The van der Waals surface area contributed by atoms with Crippen LogP contribution in [0.5, 0.6) is 11.5 Å². The Morgan fingerprint density at radius 1 is 1.00 bits per heavy atom. The van der Waals surface area contributed by atoms with Gasteiger partial charge < -0.3 is 20.1 Å². The molecule has 0 aliphatic heterocycles. The predicted octanol–water partition coefficient (Wildman–Crippen LogP) is 3.43. The first kappa shape index (κ1) is 20.0. The van der Waals surface area contributed by atoms with Gasteiger partial charge in [-0.05, 0) is 53.4 Å². The summed E-state index contributed by atoms with van der Waals surface area (Å²) >= 11 is 6.71. The molecule has 0 saturated carbocycles. The van der Waals surface area contributed by atoms with Crippen LogP contribution in [-0.4, -0.2) is 35.5 Å². The molecule has 0 atom stereocenters. The smallest absolute Gasteiger partial charge is 0.166 e. The Bertz CT molecular complexity index is 899. The van der Waals surface area contributed by atoms with E-state index in [9.17, 15) is 0 Å². The van der Waals surface area contributed by atoms with Gasteiger partial charge in [-0.25, -0.2) is 0 Å². The number of methoxy groups -OCH3 is 2. The number of benzene rings is 2. The summed E-state index contributed by atoms with van der Waals surface area (Å²) in [5, 5.41) is 13.1. The summed E-state index contributed by atoms with van der Waals surface area (Å²) in [6.45, 7) is 1.40. The highest BCUT2D eigenvalue weighted by Gasteiger charge is 2.05. The second-order valence-electron chi connectivity index (χ2n) is 6.04. The molecular weight excluding hydrogens is 392 g/mol. The summed E-state index contributed by atoms with van der Waals surface area (Å²) in [5.41, 5.74) is 4.26. The lowest BCUT2D eigenvalue weighted by atomic mass is 10.1. The quantitative estimate of drug-likeness (QED) is 0.547. The van der Waals surface area contributed by atoms with Crippen molar-refractivity contribution in [1.82, 2.24) is 20.2 Å². The summed E-state index contributed by atoms with van der Waals surface area (Å²) < 4.78 is 14.5. The van der Waals surface area contributed by atoms with Crippen LogP contribution in [0.3, 0.4) is 0 Å². The van der Waals surface area contributed by atoms with Crippen LogP contribution in [-0.2, 0) is 13.0 Å². The summed E-state index contributed by atoms with van der Waals surface area (Å²) in [6.07, 6.45) is 0.832. The maximum atomic E-state index is 5.36. The van der Waals surface area contributed by atoms with Crippen LogP contribution in [0.15, 0.2) is 47.8 Å². The fourth-order valence-corrected chi connectivity index (χ4v) is 3.32. The molecule has 3 rings (SSSR count). The number of thiocarbonyl (C=S) groups is 1. The lowest BCUT2D eigenvalue weighted by Gasteiger charge is -2.12. The highest BCUT2D eigenvalue weighted by atomic mass is 32.1. The van der Waals surface area contributed by atoms with Crippen molar-refractivity contribution in [3.05, 3.63) is 59.0 Å². The van der Waals surface area contributed by atoms with Gasteiger partial charge in [-0.15, -0.1) is 5.10 Å². The van der Waals surface area contributed by atoms with Crippen molar-refractivity contribution in [2.75, 3.05) is 20.8 Å². The monoisotopic (exact) mass is 414 g/mol. The van der Waals surface area contributed by atoms with Crippen molar-refractivity contribution in [3.63, 3.8) is 0 Å². The number of hydrogen-bond acceptors (Lipinski definition) is 6. The van der Waals surface area contributed by atoms with Gasteiger partial charge >= 0.3 is 0 Å². The molecule has 8 heteroatoms. The molecular formula is C20H22N4O2S2. The molecule has 0 unspecified atom stereocenters. The number of hydrogen-bond donors (Lipinski definition) is 2. The number of nitrogens with zero attached hydrogens (tertiary/aromatic N) is 2. The van der Waals surface area contributed by atoms with Crippen molar-refractivity contribution in [3.8, 4) is 22.8 Å². The molecule has 1 aromatic heterocycles. The normalized spacial score (nSPS) is 10.4. The fourth-order valence-electron chi connectivity index (χ4n) is 2.69. The van der Waals surface area contributed by atoms with Crippen LogP contribution in [0, 0.1) is 0 Å². The molecule has 146 valence electrons. The van der Waals surface area contributed by atoms with E-state index in [0.717, 1.165) is 46.8 Å². The van der Waals surface area contributed by atoms with Crippen LogP contribution in [0.2, 0.25) is 0 Å². The zero-order chi connectivity index (χ0) is 19.8. The molecule has 0 fully saturated rings.